The van der Waals surface area contributed by atoms with Gasteiger partial charge in [-0.15, -0.1) is 11.3 Å². The number of fused-ring (bicyclic) bond motifs is 1. The number of thiophene rings is 1. The standard InChI is InChI=1S/C20H25N3O2S/c1-4-8-23-9-7-14-16(11-23)26-20(17(14)18(21)24)22-19(25)15-10-12(2)5-6-13(15)3/h5-6,10H,4,7-9,11H2,1-3H3,(H2,21,24)(H,22,25)/p+1. The van der Waals surface area contributed by atoms with Gasteiger partial charge in [0.2, 0.25) is 0 Å². The number of hydrogen-bond acceptors (Lipinski definition) is 3. The molecular weight excluding hydrogens is 346 g/mol. The molecule has 2 aromatic rings. The number of amides is 2. The third-order valence-corrected chi connectivity index (χ3v) is 6.09. The Hall–Kier alpha value is -2.18. The first-order valence-electron chi connectivity index (χ1n) is 9.07. The lowest BCUT2D eigenvalue weighted by atomic mass is 10.0. The largest absolute Gasteiger partial charge is 0.365 e. The van der Waals surface area contributed by atoms with Gasteiger partial charge >= 0.3 is 0 Å². The van der Waals surface area contributed by atoms with Gasteiger partial charge in [0.1, 0.15) is 11.5 Å². The number of nitrogens with two attached hydrogens (primary N) is 1. The van der Waals surface area contributed by atoms with E-state index in [1.807, 2.05) is 32.0 Å². The quantitative estimate of drug-likeness (QED) is 0.751. The van der Waals surface area contributed by atoms with E-state index in [1.54, 1.807) is 0 Å². The van der Waals surface area contributed by atoms with Gasteiger partial charge in [-0.25, -0.2) is 0 Å². The molecule has 1 aromatic carbocycles. The van der Waals surface area contributed by atoms with E-state index in [1.165, 1.54) is 21.1 Å². The number of aryl methyl sites for hydroxylation is 2. The number of rotatable bonds is 5. The Morgan fingerprint density at radius 3 is 2.77 bits per heavy atom. The molecule has 1 atom stereocenters. The topological polar surface area (TPSA) is 76.6 Å². The highest BCUT2D eigenvalue weighted by Crippen LogP contribution is 2.34. The van der Waals surface area contributed by atoms with Gasteiger partial charge in [-0.05, 0) is 37.5 Å². The zero-order valence-electron chi connectivity index (χ0n) is 15.6. The van der Waals surface area contributed by atoms with Crippen molar-refractivity contribution < 1.29 is 14.5 Å². The normalized spacial score (nSPS) is 16.2. The molecule has 0 aliphatic carbocycles. The van der Waals surface area contributed by atoms with Crippen molar-refractivity contribution in [1.29, 1.82) is 0 Å². The maximum atomic E-state index is 12.8. The summed E-state index contributed by atoms with van der Waals surface area (Å²) in [6.07, 6.45) is 1.97. The highest BCUT2D eigenvalue weighted by Gasteiger charge is 2.29. The summed E-state index contributed by atoms with van der Waals surface area (Å²) in [6, 6.07) is 5.79. The Morgan fingerprint density at radius 1 is 1.31 bits per heavy atom. The van der Waals surface area contributed by atoms with Gasteiger partial charge in [0.25, 0.3) is 11.8 Å². The van der Waals surface area contributed by atoms with E-state index in [2.05, 4.69) is 12.2 Å². The van der Waals surface area contributed by atoms with Crippen LogP contribution in [0.25, 0.3) is 0 Å². The number of primary amides is 1. The smallest absolute Gasteiger partial charge is 0.256 e. The molecule has 1 aromatic heterocycles. The SMILES string of the molecule is CCC[NH+]1CCc2c(sc(NC(=O)c3cc(C)ccc3C)c2C(N)=O)C1. The maximum absolute atomic E-state index is 12.8. The highest BCUT2D eigenvalue weighted by molar-refractivity contribution is 7.17. The number of quaternary nitrogens is 1. The molecule has 1 aliphatic rings. The van der Waals surface area contributed by atoms with Crippen molar-refractivity contribution in [2.24, 2.45) is 5.73 Å². The molecule has 0 fully saturated rings. The van der Waals surface area contributed by atoms with Crippen molar-refractivity contribution in [2.75, 3.05) is 18.4 Å². The van der Waals surface area contributed by atoms with Crippen LogP contribution >= 0.6 is 11.3 Å². The van der Waals surface area contributed by atoms with Crippen LogP contribution < -0.4 is 16.0 Å². The van der Waals surface area contributed by atoms with Crippen LogP contribution in [0.15, 0.2) is 18.2 Å². The molecule has 2 amide bonds. The molecule has 3 rings (SSSR count). The second-order valence-electron chi connectivity index (χ2n) is 7.02. The van der Waals surface area contributed by atoms with Gasteiger partial charge in [0, 0.05) is 12.0 Å². The van der Waals surface area contributed by atoms with Crippen LogP contribution in [-0.2, 0) is 13.0 Å². The van der Waals surface area contributed by atoms with Gasteiger partial charge in [-0.2, -0.15) is 0 Å². The van der Waals surface area contributed by atoms with Crippen LogP contribution in [0.3, 0.4) is 0 Å². The fraction of sp³-hybridized carbons (Fsp3) is 0.400. The number of carbonyl (C=O) groups excluding carboxylic acids is 2. The lowest BCUT2D eigenvalue weighted by molar-refractivity contribution is -0.915. The summed E-state index contributed by atoms with van der Waals surface area (Å²) >= 11 is 1.50. The summed E-state index contributed by atoms with van der Waals surface area (Å²) in [5.41, 5.74) is 9.75. The van der Waals surface area contributed by atoms with Gasteiger partial charge in [0.05, 0.1) is 23.5 Å². The summed E-state index contributed by atoms with van der Waals surface area (Å²) in [4.78, 5) is 27.5. The molecule has 6 heteroatoms. The summed E-state index contributed by atoms with van der Waals surface area (Å²) in [5.74, 6) is -0.650. The molecule has 0 bridgehead atoms. The number of anilines is 1. The summed E-state index contributed by atoms with van der Waals surface area (Å²) in [6.45, 7) is 9.07. The van der Waals surface area contributed by atoms with E-state index in [-0.39, 0.29) is 5.91 Å². The van der Waals surface area contributed by atoms with Crippen molar-refractivity contribution in [2.45, 2.75) is 40.2 Å². The Bertz CT molecular complexity index is 857. The molecule has 0 radical (unpaired) electrons. The van der Waals surface area contributed by atoms with E-state index in [0.29, 0.717) is 16.1 Å². The fourth-order valence-corrected chi connectivity index (χ4v) is 4.92. The first kappa shape index (κ1) is 18.6. The fourth-order valence-electron chi connectivity index (χ4n) is 3.60. The first-order valence-corrected chi connectivity index (χ1v) is 9.88. The third-order valence-electron chi connectivity index (χ3n) is 4.94. The molecular formula is C20H26N3O2S+. The van der Waals surface area contributed by atoms with E-state index >= 15 is 0 Å². The van der Waals surface area contributed by atoms with Gasteiger partial charge in [-0.1, -0.05) is 24.6 Å². The molecule has 26 heavy (non-hydrogen) atoms. The maximum Gasteiger partial charge on any atom is 0.256 e. The Morgan fingerprint density at radius 2 is 2.08 bits per heavy atom. The van der Waals surface area contributed by atoms with Crippen LogP contribution in [0, 0.1) is 13.8 Å². The lowest BCUT2D eigenvalue weighted by Gasteiger charge is -2.23. The minimum absolute atomic E-state index is 0.190. The average molecular weight is 373 g/mol. The van der Waals surface area contributed by atoms with E-state index in [0.717, 1.165) is 49.2 Å². The molecule has 0 saturated carbocycles. The van der Waals surface area contributed by atoms with E-state index in [9.17, 15) is 9.59 Å². The van der Waals surface area contributed by atoms with Crippen LogP contribution in [0.1, 0.15) is 55.6 Å². The lowest BCUT2D eigenvalue weighted by Crippen LogP contribution is -3.11. The van der Waals surface area contributed by atoms with Gasteiger partial charge in [-0.3, -0.25) is 9.59 Å². The first-order chi connectivity index (χ1) is 12.4. The number of carbonyl (C=O) groups is 2. The van der Waals surface area contributed by atoms with Crippen LogP contribution in [0.5, 0.6) is 0 Å². The Labute approximate surface area is 158 Å². The van der Waals surface area contributed by atoms with E-state index < -0.39 is 5.91 Å². The van der Waals surface area contributed by atoms with Gasteiger partial charge in [0.15, 0.2) is 0 Å². The summed E-state index contributed by atoms with van der Waals surface area (Å²) in [7, 11) is 0. The minimum atomic E-state index is -0.460. The minimum Gasteiger partial charge on any atom is -0.365 e. The molecule has 5 nitrogen and oxygen atoms in total. The number of nitrogens with one attached hydrogen (secondary N) is 2. The summed E-state index contributed by atoms with van der Waals surface area (Å²) in [5, 5.41) is 3.54. The van der Waals surface area contributed by atoms with Crippen molar-refractivity contribution in [3.63, 3.8) is 0 Å². The van der Waals surface area contributed by atoms with Crippen molar-refractivity contribution in [3.8, 4) is 0 Å². The number of benzene rings is 1. The predicted octanol–water partition coefficient (Wildman–Crippen LogP) is 2.07. The summed E-state index contributed by atoms with van der Waals surface area (Å²) < 4.78 is 0. The van der Waals surface area contributed by atoms with Crippen LogP contribution in [-0.4, -0.2) is 24.9 Å². The van der Waals surface area contributed by atoms with Crippen molar-refractivity contribution >= 4 is 28.2 Å². The molecule has 138 valence electrons. The second-order valence-corrected chi connectivity index (χ2v) is 8.13. The average Bonchev–Trinajstić information content (AvgIpc) is 2.94. The number of hydrogen-bond donors (Lipinski definition) is 3. The van der Waals surface area contributed by atoms with E-state index in [4.69, 9.17) is 5.73 Å². The molecule has 0 spiro atoms. The molecule has 1 unspecified atom stereocenters. The van der Waals surface area contributed by atoms with Crippen LogP contribution in [0.4, 0.5) is 5.00 Å². The van der Waals surface area contributed by atoms with Crippen molar-refractivity contribution in [1.82, 2.24) is 0 Å². The zero-order valence-corrected chi connectivity index (χ0v) is 16.4. The van der Waals surface area contributed by atoms with Gasteiger partial charge < -0.3 is 16.0 Å². The Kier molecular flexibility index (Phi) is 5.44. The monoisotopic (exact) mass is 372 g/mol. The third kappa shape index (κ3) is 3.66. The zero-order chi connectivity index (χ0) is 18.8. The predicted molar refractivity (Wildman–Crippen MR) is 105 cm³/mol. The molecule has 2 heterocycles. The van der Waals surface area contributed by atoms with Crippen molar-refractivity contribution in [3.05, 3.63) is 50.9 Å². The second kappa shape index (κ2) is 7.60. The Balaban J connectivity index is 1.92. The highest BCUT2D eigenvalue weighted by atomic mass is 32.1. The molecule has 1 aliphatic heterocycles. The molecule has 4 N–H and O–H groups in total. The van der Waals surface area contributed by atoms with Crippen LogP contribution in [0.2, 0.25) is 0 Å². The molecule has 0 saturated heterocycles.